The maximum Gasteiger partial charge on any atom is 0.266 e. The van der Waals surface area contributed by atoms with E-state index in [0.717, 1.165) is 12.8 Å². The van der Waals surface area contributed by atoms with Crippen molar-refractivity contribution in [2.75, 3.05) is 13.1 Å². The fraction of sp³-hybridized carbons (Fsp3) is 0.368. The van der Waals surface area contributed by atoms with E-state index in [1.165, 1.54) is 16.5 Å². The Morgan fingerprint density at radius 2 is 1.93 bits per heavy atom. The molecular weight excluding hydrogens is 410 g/mol. The number of fused-ring (bicyclic) bond motifs is 1. The number of rotatable bonds is 3. The molecule has 3 heterocycles. The summed E-state index contributed by atoms with van der Waals surface area (Å²) in [7, 11) is 1.73. The minimum absolute atomic E-state index is 0.000882. The van der Waals surface area contributed by atoms with E-state index in [1.807, 2.05) is 11.0 Å². The number of benzene rings is 1. The van der Waals surface area contributed by atoms with Gasteiger partial charge in [-0.25, -0.2) is 9.67 Å². The summed E-state index contributed by atoms with van der Waals surface area (Å²) < 4.78 is 3.35. The maximum absolute atomic E-state index is 12.7. The van der Waals surface area contributed by atoms with Crippen molar-refractivity contribution in [1.29, 1.82) is 0 Å². The van der Waals surface area contributed by atoms with E-state index in [0.29, 0.717) is 34.6 Å². The van der Waals surface area contributed by atoms with Crippen LogP contribution in [0.3, 0.4) is 0 Å². The van der Waals surface area contributed by atoms with Gasteiger partial charge in [0.1, 0.15) is 22.9 Å². The second-order valence-corrected chi connectivity index (χ2v) is 7.61. The molecule has 140 valence electrons. The molecule has 0 spiro atoms. The largest absolute Gasteiger partial charge is 0.341 e. The molecule has 1 aliphatic rings. The molecule has 0 saturated carbocycles. The molecule has 1 saturated heterocycles. The Morgan fingerprint density at radius 3 is 2.63 bits per heavy atom. The monoisotopic (exact) mass is 429 g/mol. The van der Waals surface area contributed by atoms with E-state index in [2.05, 4.69) is 50.3 Å². The van der Waals surface area contributed by atoms with Crippen molar-refractivity contribution in [3.05, 3.63) is 57.2 Å². The van der Waals surface area contributed by atoms with Gasteiger partial charge in [0, 0.05) is 20.1 Å². The molecule has 0 N–H and O–H groups in total. The number of aryl methyl sites for hydroxylation is 1. The zero-order valence-electron chi connectivity index (χ0n) is 15.0. The number of aromatic nitrogens is 4. The van der Waals surface area contributed by atoms with E-state index < -0.39 is 0 Å². The Hall–Kier alpha value is -2.48. The molecule has 0 atom stereocenters. The molecule has 2 aromatic heterocycles. The van der Waals surface area contributed by atoms with Gasteiger partial charge in [0.25, 0.3) is 5.56 Å². The van der Waals surface area contributed by atoms with Crippen LogP contribution in [0, 0.1) is 0 Å². The number of amides is 1. The fourth-order valence-electron chi connectivity index (χ4n) is 3.68. The molecule has 0 radical (unpaired) electrons. The van der Waals surface area contributed by atoms with Gasteiger partial charge in [-0.2, -0.15) is 5.10 Å². The first-order valence-electron chi connectivity index (χ1n) is 8.95. The van der Waals surface area contributed by atoms with E-state index >= 15 is 0 Å². The predicted molar refractivity (Wildman–Crippen MR) is 105 cm³/mol. The van der Waals surface area contributed by atoms with Gasteiger partial charge in [-0.05, 0) is 40.3 Å². The molecule has 8 heteroatoms. The molecule has 4 rings (SSSR count). The summed E-state index contributed by atoms with van der Waals surface area (Å²) in [4.78, 5) is 31.5. The second kappa shape index (κ2) is 7.26. The minimum atomic E-state index is -0.257. The number of carbonyl (C=O) groups is 1. The van der Waals surface area contributed by atoms with Crippen molar-refractivity contribution in [2.24, 2.45) is 7.05 Å². The zero-order chi connectivity index (χ0) is 19.0. The van der Waals surface area contributed by atoms with Gasteiger partial charge in [0.05, 0.1) is 0 Å². The highest BCUT2D eigenvalue weighted by atomic mass is 79.9. The highest BCUT2D eigenvalue weighted by Crippen LogP contribution is 2.27. The van der Waals surface area contributed by atoms with Crippen LogP contribution in [0.1, 0.15) is 24.3 Å². The maximum atomic E-state index is 12.7. The summed E-state index contributed by atoms with van der Waals surface area (Å²) in [6.45, 7) is 1.41. The first kappa shape index (κ1) is 17.9. The number of piperidine rings is 1. The summed E-state index contributed by atoms with van der Waals surface area (Å²) in [6, 6.07) is 10.4. The van der Waals surface area contributed by atoms with Gasteiger partial charge in [0.2, 0.25) is 5.91 Å². The fourth-order valence-corrected chi connectivity index (χ4v) is 4.27. The number of hydrogen-bond acceptors (Lipinski definition) is 4. The predicted octanol–water partition coefficient (Wildman–Crippen LogP) is 2.30. The smallest absolute Gasteiger partial charge is 0.266 e. The first-order chi connectivity index (χ1) is 13.0. The van der Waals surface area contributed by atoms with Crippen LogP contribution in [0.15, 0.2) is 46.1 Å². The lowest BCUT2D eigenvalue weighted by Crippen LogP contribution is -2.41. The van der Waals surface area contributed by atoms with E-state index in [9.17, 15) is 9.59 Å². The van der Waals surface area contributed by atoms with E-state index in [-0.39, 0.29) is 18.0 Å². The van der Waals surface area contributed by atoms with Crippen molar-refractivity contribution >= 4 is 32.9 Å². The number of nitrogens with zero attached hydrogens (tertiary/aromatic N) is 5. The van der Waals surface area contributed by atoms with E-state index in [1.54, 1.807) is 11.7 Å². The minimum Gasteiger partial charge on any atom is -0.341 e. The Bertz CT molecular complexity index is 1040. The highest BCUT2D eigenvalue weighted by Gasteiger charge is 2.24. The molecule has 0 aliphatic carbocycles. The van der Waals surface area contributed by atoms with Gasteiger partial charge in [-0.3, -0.25) is 14.2 Å². The van der Waals surface area contributed by atoms with Crippen molar-refractivity contribution in [2.45, 2.75) is 25.3 Å². The first-order valence-corrected chi connectivity index (χ1v) is 9.74. The van der Waals surface area contributed by atoms with Crippen LogP contribution < -0.4 is 5.56 Å². The van der Waals surface area contributed by atoms with E-state index in [4.69, 9.17) is 0 Å². The highest BCUT2D eigenvalue weighted by molar-refractivity contribution is 9.10. The average Bonchev–Trinajstić information content (AvgIpc) is 2.99. The van der Waals surface area contributed by atoms with Crippen LogP contribution in [0.2, 0.25) is 0 Å². The summed E-state index contributed by atoms with van der Waals surface area (Å²) in [5, 5.41) is 4.56. The van der Waals surface area contributed by atoms with Crippen LogP contribution in [0.5, 0.6) is 0 Å². The quantitative estimate of drug-likeness (QED) is 0.640. The van der Waals surface area contributed by atoms with Crippen molar-refractivity contribution in [1.82, 2.24) is 24.2 Å². The summed E-state index contributed by atoms with van der Waals surface area (Å²) in [5.41, 5.74) is 1.57. The zero-order valence-corrected chi connectivity index (χ0v) is 16.6. The molecule has 1 aromatic carbocycles. The SMILES string of the molecule is Cn1nc(Br)c2c(=O)n(CC(=O)N3CCC(c4ccccc4)CC3)cnc21. The van der Waals surface area contributed by atoms with Crippen LogP contribution in [0.4, 0.5) is 0 Å². The molecule has 3 aromatic rings. The third-order valence-electron chi connectivity index (χ3n) is 5.19. The van der Waals surface area contributed by atoms with Gasteiger partial charge >= 0.3 is 0 Å². The Labute approximate surface area is 164 Å². The summed E-state index contributed by atoms with van der Waals surface area (Å²) in [6.07, 6.45) is 3.31. The lowest BCUT2D eigenvalue weighted by atomic mass is 9.89. The van der Waals surface area contributed by atoms with Crippen molar-refractivity contribution in [3.8, 4) is 0 Å². The van der Waals surface area contributed by atoms with Crippen molar-refractivity contribution < 1.29 is 4.79 Å². The Morgan fingerprint density at radius 1 is 1.22 bits per heavy atom. The molecule has 7 nitrogen and oxygen atoms in total. The second-order valence-electron chi connectivity index (χ2n) is 6.86. The molecule has 1 fully saturated rings. The van der Waals surface area contributed by atoms with Crippen LogP contribution in [-0.2, 0) is 18.4 Å². The van der Waals surface area contributed by atoms with Gasteiger partial charge in [0.15, 0.2) is 5.65 Å². The van der Waals surface area contributed by atoms with Gasteiger partial charge < -0.3 is 4.90 Å². The summed E-state index contributed by atoms with van der Waals surface area (Å²) >= 11 is 3.29. The Balaban J connectivity index is 1.46. The lowest BCUT2D eigenvalue weighted by molar-refractivity contribution is -0.132. The molecule has 0 bridgehead atoms. The topological polar surface area (TPSA) is 73.0 Å². The molecule has 27 heavy (non-hydrogen) atoms. The molecular formula is C19H20BrN5O2. The average molecular weight is 430 g/mol. The molecule has 1 amide bonds. The van der Waals surface area contributed by atoms with Gasteiger partial charge in [-0.15, -0.1) is 0 Å². The third-order valence-corrected chi connectivity index (χ3v) is 5.75. The van der Waals surface area contributed by atoms with Crippen LogP contribution >= 0.6 is 15.9 Å². The van der Waals surface area contributed by atoms with Crippen LogP contribution in [0.25, 0.3) is 11.0 Å². The standard InChI is InChI=1S/C19H20BrN5O2/c1-23-18-16(17(20)22-23)19(27)25(12-21-18)11-15(26)24-9-7-14(8-10-24)13-5-3-2-4-6-13/h2-6,12,14H,7-11H2,1H3. The third kappa shape index (κ3) is 3.41. The number of hydrogen-bond donors (Lipinski definition) is 0. The van der Waals surface area contributed by atoms with Crippen molar-refractivity contribution in [3.63, 3.8) is 0 Å². The van der Waals surface area contributed by atoms with Gasteiger partial charge in [-0.1, -0.05) is 30.3 Å². The number of likely N-dealkylation sites (tertiary alicyclic amines) is 1. The number of halogens is 1. The number of carbonyl (C=O) groups excluding carboxylic acids is 1. The molecule has 1 aliphatic heterocycles. The normalized spacial score (nSPS) is 15.4. The van der Waals surface area contributed by atoms with Crippen LogP contribution in [-0.4, -0.2) is 43.2 Å². The Kier molecular flexibility index (Phi) is 4.82. The summed E-state index contributed by atoms with van der Waals surface area (Å²) in [5.74, 6) is 0.437. The molecule has 0 unspecified atom stereocenters. The lowest BCUT2D eigenvalue weighted by Gasteiger charge is -2.32.